The summed E-state index contributed by atoms with van der Waals surface area (Å²) in [6, 6.07) is 23.4. The topological polar surface area (TPSA) is 44.1 Å². The molecule has 0 aliphatic carbocycles. The van der Waals surface area contributed by atoms with E-state index in [1.54, 1.807) is 23.4 Å². The summed E-state index contributed by atoms with van der Waals surface area (Å²) in [4.78, 5) is 18.1. The van der Waals surface area contributed by atoms with E-state index in [1.165, 1.54) is 5.56 Å². The van der Waals surface area contributed by atoms with Crippen LogP contribution in [0.25, 0.3) is 10.9 Å². The summed E-state index contributed by atoms with van der Waals surface area (Å²) in [6.07, 6.45) is 0. The van der Waals surface area contributed by atoms with Gasteiger partial charge in [0.2, 0.25) is 0 Å². The number of nitrogens with zero attached hydrogens (tertiary/aromatic N) is 2. The molecule has 0 aliphatic rings. The number of fused-ring (bicyclic) bond motifs is 1. The minimum Gasteiger partial charge on any atom is -0.496 e. The van der Waals surface area contributed by atoms with Crippen LogP contribution in [-0.2, 0) is 12.3 Å². The van der Waals surface area contributed by atoms with Gasteiger partial charge in [-0.05, 0) is 35.9 Å². The number of hydrogen-bond donors (Lipinski definition) is 0. The molecular formula is C23H19BrN2O2S. The summed E-state index contributed by atoms with van der Waals surface area (Å²) in [6.45, 7) is 0.406. The SMILES string of the molecule is COc1ccccc1Cn1c(SCc2ccc(Br)cc2)nc2ccccc2c1=O. The van der Waals surface area contributed by atoms with Crippen molar-refractivity contribution in [2.24, 2.45) is 0 Å². The van der Waals surface area contributed by atoms with Crippen LogP contribution in [0.3, 0.4) is 0 Å². The van der Waals surface area contributed by atoms with Crippen LogP contribution in [0.1, 0.15) is 11.1 Å². The molecule has 0 saturated carbocycles. The maximum Gasteiger partial charge on any atom is 0.262 e. The molecule has 0 atom stereocenters. The van der Waals surface area contributed by atoms with Gasteiger partial charge in [0.15, 0.2) is 5.16 Å². The zero-order valence-corrected chi connectivity index (χ0v) is 18.2. The molecule has 4 rings (SSSR count). The first-order valence-electron chi connectivity index (χ1n) is 9.14. The van der Waals surface area contributed by atoms with E-state index in [0.717, 1.165) is 21.5 Å². The van der Waals surface area contributed by atoms with E-state index in [4.69, 9.17) is 9.72 Å². The van der Waals surface area contributed by atoms with E-state index in [0.29, 0.717) is 22.6 Å². The molecule has 3 aromatic carbocycles. The molecule has 1 heterocycles. The Morgan fingerprint density at radius 2 is 1.72 bits per heavy atom. The molecule has 1 aromatic heterocycles. The van der Waals surface area contributed by atoms with E-state index in [2.05, 4.69) is 28.1 Å². The molecule has 0 spiro atoms. The third-order valence-electron chi connectivity index (χ3n) is 4.63. The number of aromatic nitrogens is 2. The summed E-state index contributed by atoms with van der Waals surface area (Å²) in [5.74, 6) is 1.49. The standard InChI is InChI=1S/C23H19BrN2O2S/c1-28-21-9-5-2-6-17(21)14-26-22(27)19-7-3-4-8-20(19)25-23(26)29-15-16-10-12-18(24)13-11-16/h2-13H,14-15H2,1H3. The minimum atomic E-state index is -0.0418. The van der Waals surface area contributed by atoms with Gasteiger partial charge in [0.1, 0.15) is 5.75 Å². The second kappa shape index (κ2) is 8.84. The Balaban J connectivity index is 1.75. The Morgan fingerprint density at radius 3 is 2.52 bits per heavy atom. The van der Waals surface area contributed by atoms with Gasteiger partial charge in [-0.3, -0.25) is 9.36 Å². The first-order valence-corrected chi connectivity index (χ1v) is 10.9. The summed E-state index contributed by atoms with van der Waals surface area (Å²) in [5, 5.41) is 1.32. The lowest BCUT2D eigenvalue weighted by Crippen LogP contribution is -2.24. The predicted molar refractivity (Wildman–Crippen MR) is 122 cm³/mol. The van der Waals surface area contributed by atoms with Crippen molar-refractivity contribution < 1.29 is 4.74 Å². The quantitative estimate of drug-likeness (QED) is 0.277. The third kappa shape index (κ3) is 4.38. The van der Waals surface area contributed by atoms with Gasteiger partial charge < -0.3 is 4.74 Å². The van der Waals surface area contributed by atoms with Crippen LogP contribution in [0, 0.1) is 0 Å². The van der Waals surface area contributed by atoms with E-state index >= 15 is 0 Å². The van der Waals surface area contributed by atoms with Crippen LogP contribution < -0.4 is 10.3 Å². The van der Waals surface area contributed by atoms with Crippen LogP contribution in [0.4, 0.5) is 0 Å². The predicted octanol–water partition coefficient (Wildman–Crippen LogP) is 5.51. The van der Waals surface area contributed by atoms with Crippen LogP contribution in [-0.4, -0.2) is 16.7 Å². The fraction of sp³-hybridized carbons (Fsp3) is 0.130. The summed E-state index contributed by atoms with van der Waals surface area (Å²) < 4.78 is 8.26. The maximum atomic E-state index is 13.3. The van der Waals surface area contributed by atoms with Crippen LogP contribution >= 0.6 is 27.7 Å². The Morgan fingerprint density at radius 1 is 1.00 bits per heavy atom. The van der Waals surface area contributed by atoms with Crippen LogP contribution in [0.15, 0.2) is 87.2 Å². The lowest BCUT2D eigenvalue weighted by atomic mass is 10.2. The van der Waals surface area contributed by atoms with Crippen LogP contribution in [0.2, 0.25) is 0 Å². The maximum absolute atomic E-state index is 13.3. The smallest absolute Gasteiger partial charge is 0.262 e. The molecule has 0 aliphatic heterocycles. The molecule has 0 saturated heterocycles. The Hall–Kier alpha value is -2.57. The van der Waals surface area contributed by atoms with Crippen molar-refractivity contribution >= 4 is 38.6 Å². The molecular weight excluding hydrogens is 448 g/mol. The van der Waals surface area contributed by atoms with Gasteiger partial charge in [-0.25, -0.2) is 4.98 Å². The highest BCUT2D eigenvalue weighted by Crippen LogP contribution is 2.25. The van der Waals surface area contributed by atoms with Crippen molar-refractivity contribution in [2.75, 3.05) is 7.11 Å². The number of rotatable bonds is 6. The normalized spacial score (nSPS) is 11.0. The number of hydrogen-bond acceptors (Lipinski definition) is 4. The molecule has 0 bridgehead atoms. The second-order valence-corrected chi connectivity index (χ2v) is 8.39. The fourth-order valence-electron chi connectivity index (χ4n) is 3.13. The van der Waals surface area contributed by atoms with E-state index < -0.39 is 0 Å². The lowest BCUT2D eigenvalue weighted by molar-refractivity contribution is 0.407. The third-order valence-corrected chi connectivity index (χ3v) is 6.20. The number of thioether (sulfide) groups is 1. The highest BCUT2D eigenvalue weighted by molar-refractivity contribution is 9.10. The van der Waals surface area contributed by atoms with Gasteiger partial charge in [0.05, 0.1) is 24.6 Å². The Bertz CT molecular complexity index is 1210. The average Bonchev–Trinajstić information content (AvgIpc) is 2.76. The number of halogens is 1. The Kier molecular flexibility index (Phi) is 6.02. The molecule has 0 radical (unpaired) electrons. The molecule has 6 heteroatoms. The fourth-order valence-corrected chi connectivity index (χ4v) is 4.35. The summed E-state index contributed by atoms with van der Waals surface area (Å²) in [7, 11) is 1.64. The van der Waals surface area contributed by atoms with Gasteiger partial charge >= 0.3 is 0 Å². The van der Waals surface area contributed by atoms with Gasteiger partial charge in [0.25, 0.3) is 5.56 Å². The average molecular weight is 467 g/mol. The largest absolute Gasteiger partial charge is 0.496 e. The molecule has 0 amide bonds. The molecule has 0 fully saturated rings. The van der Waals surface area contributed by atoms with Crippen molar-refractivity contribution in [3.63, 3.8) is 0 Å². The molecule has 29 heavy (non-hydrogen) atoms. The number of para-hydroxylation sites is 2. The minimum absolute atomic E-state index is 0.0418. The van der Waals surface area contributed by atoms with Crippen molar-refractivity contribution in [1.82, 2.24) is 9.55 Å². The van der Waals surface area contributed by atoms with Gasteiger partial charge in [-0.1, -0.05) is 70.2 Å². The van der Waals surface area contributed by atoms with Crippen molar-refractivity contribution in [1.29, 1.82) is 0 Å². The molecule has 0 unspecified atom stereocenters. The van der Waals surface area contributed by atoms with E-state index in [-0.39, 0.29) is 5.56 Å². The number of benzene rings is 3. The van der Waals surface area contributed by atoms with Crippen molar-refractivity contribution in [3.8, 4) is 5.75 Å². The van der Waals surface area contributed by atoms with Crippen molar-refractivity contribution in [2.45, 2.75) is 17.5 Å². The van der Waals surface area contributed by atoms with E-state index in [1.807, 2.05) is 60.7 Å². The summed E-state index contributed by atoms with van der Waals surface area (Å²) in [5.41, 5.74) is 2.79. The second-order valence-electron chi connectivity index (χ2n) is 6.53. The van der Waals surface area contributed by atoms with Gasteiger partial charge in [-0.15, -0.1) is 0 Å². The number of ether oxygens (including phenoxy) is 1. The molecule has 4 aromatic rings. The lowest BCUT2D eigenvalue weighted by Gasteiger charge is -2.15. The molecule has 4 nitrogen and oxygen atoms in total. The zero-order chi connectivity index (χ0) is 20.2. The highest BCUT2D eigenvalue weighted by atomic mass is 79.9. The number of methoxy groups -OCH3 is 1. The van der Waals surface area contributed by atoms with E-state index in [9.17, 15) is 4.79 Å². The highest BCUT2D eigenvalue weighted by Gasteiger charge is 2.14. The van der Waals surface area contributed by atoms with Gasteiger partial charge in [0, 0.05) is 15.8 Å². The van der Waals surface area contributed by atoms with Crippen LogP contribution in [0.5, 0.6) is 5.75 Å². The van der Waals surface area contributed by atoms with Crippen molar-refractivity contribution in [3.05, 3.63) is 98.7 Å². The monoisotopic (exact) mass is 466 g/mol. The van der Waals surface area contributed by atoms with Gasteiger partial charge in [-0.2, -0.15) is 0 Å². The first-order chi connectivity index (χ1) is 14.2. The first kappa shape index (κ1) is 19.7. The zero-order valence-electron chi connectivity index (χ0n) is 15.8. The Labute approximate surface area is 181 Å². The molecule has 0 N–H and O–H groups in total. The molecule has 146 valence electrons. The summed E-state index contributed by atoms with van der Waals surface area (Å²) >= 11 is 5.03.